The van der Waals surface area contributed by atoms with Crippen molar-refractivity contribution in [1.29, 1.82) is 5.41 Å². The predicted molar refractivity (Wildman–Crippen MR) is 65.4 cm³/mol. The van der Waals surface area contributed by atoms with Crippen LogP contribution < -0.4 is 5.73 Å². The summed E-state index contributed by atoms with van der Waals surface area (Å²) in [6.07, 6.45) is 0. The Kier molecular flexibility index (Phi) is 3.24. The minimum atomic E-state index is -0.0388. The quantitative estimate of drug-likeness (QED) is 0.593. The van der Waals surface area contributed by atoms with E-state index < -0.39 is 0 Å². The summed E-state index contributed by atoms with van der Waals surface area (Å²) in [4.78, 5) is 0. The zero-order valence-corrected chi connectivity index (χ0v) is 11.0. The van der Waals surface area contributed by atoms with E-state index in [-0.39, 0.29) is 5.84 Å². The Morgan fingerprint density at radius 2 is 2.00 bits per heavy atom. The Morgan fingerprint density at radius 1 is 1.28 bits per heavy atom. The van der Waals surface area contributed by atoms with Crippen LogP contribution in [0.4, 0.5) is 0 Å². The first-order valence-electron chi connectivity index (χ1n) is 5.09. The van der Waals surface area contributed by atoms with E-state index in [2.05, 4.69) is 25.7 Å². The highest BCUT2D eigenvalue weighted by atomic mass is 32.2. The van der Waals surface area contributed by atoms with Gasteiger partial charge in [0.25, 0.3) is 0 Å². The molecule has 0 aliphatic carbocycles. The minimum Gasteiger partial charge on any atom is -0.384 e. The van der Waals surface area contributed by atoms with Crippen LogP contribution in [0, 0.1) is 19.3 Å². The highest BCUT2D eigenvalue weighted by Gasteiger charge is 2.17. The highest BCUT2D eigenvalue weighted by molar-refractivity contribution is 7.99. The number of tetrazole rings is 1. The van der Waals surface area contributed by atoms with E-state index in [0.29, 0.717) is 15.7 Å². The number of nitrogens with zero attached hydrogens (tertiary/aromatic N) is 6. The van der Waals surface area contributed by atoms with Gasteiger partial charge in [-0.3, -0.25) is 5.41 Å². The lowest BCUT2D eigenvalue weighted by Crippen LogP contribution is -2.17. The van der Waals surface area contributed by atoms with E-state index in [1.54, 1.807) is 7.05 Å². The summed E-state index contributed by atoms with van der Waals surface area (Å²) in [7, 11) is 1.73. The molecule has 0 radical (unpaired) electrons. The molecule has 2 aromatic rings. The van der Waals surface area contributed by atoms with E-state index >= 15 is 0 Å². The molecule has 0 saturated carbocycles. The second-order valence-electron chi connectivity index (χ2n) is 3.69. The molecule has 9 heteroatoms. The van der Waals surface area contributed by atoms with Crippen LogP contribution in [0.1, 0.15) is 16.8 Å². The van der Waals surface area contributed by atoms with Crippen molar-refractivity contribution in [1.82, 2.24) is 30.4 Å². The molecule has 0 aliphatic heterocycles. The maximum Gasteiger partial charge on any atom is 0.215 e. The number of aromatic nitrogens is 6. The van der Waals surface area contributed by atoms with Gasteiger partial charge in [-0.1, -0.05) is 0 Å². The molecule has 0 unspecified atom stereocenters. The molecule has 2 aromatic heterocycles. The van der Waals surface area contributed by atoms with E-state index in [9.17, 15) is 0 Å². The van der Waals surface area contributed by atoms with Gasteiger partial charge in [-0.2, -0.15) is 5.10 Å². The molecule has 0 atom stereocenters. The molecule has 18 heavy (non-hydrogen) atoms. The number of hydrogen-bond acceptors (Lipinski definition) is 7. The van der Waals surface area contributed by atoms with E-state index in [0.717, 1.165) is 11.3 Å². The van der Waals surface area contributed by atoms with E-state index in [1.807, 2.05) is 13.8 Å². The van der Waals surface area contributed by atoms with Crippen molar-refractivity contribution in [2.75, 3.05) is 0 Å². The molecule has 0 fully saturated rings. The van der Waals surface area contributed by atoms with E-state index in [1.165, 1.54) is 16.4 Å². The third-order valence-corrected chi connectivity index (χ3v) is 3.47. The summed E-state index contributed by atoms with van der Waals surface area (Å²) < 4.78 is 1.52. The Bertz CT molecular complexity index is 605. The van der Waals surface area contributed by atoms with Gasteiger partial charge >= 0.3 is 0 Å². The fourth-order valence-corrected chi connectivity index (χ4v) is 2.24. The Morgan fingerprint density at radius 3 is 2.56 bits per heavy atom. The van der Waals surface area contributed by atoms with Gasteiger partial charge in [-0.25, -0.2) is 4.68 Å². The number of rotatable bonds is 3. The second-order valence-corrected chi connectivity index (χ2v) is 4.65. The highest BCUT2D eigenvalue weighted by Crippen LogP contribution is 2.27. The molecule has 94 valence electrons. The number of hydrogen-bond donors (Lipinski definition) is 2. The Hall–Kier alpha value is -2.03. The molecule has 0 saturated heterocycles. The number of amidine groups is 1. The Labute approximate surface area is 107 Å². The van der Waals surface area contributed by atoms with Crippen LogP contribution in [0.25, 0.3) is 0 Å². The molecule has 0 aromatic carbocycles. The third-order valence-electron chi connectivity index (χ3n) is 2.46. The van der Waals surface area contributed by atoms with Crippen LogP contribution in [0.15, 0.2) is 10.2 Å². The average Bonchev–Trinajstić information content (AvgIpc) is 2.69. The van der Waals surface area contributed by atoms with Gasteiger partial charge in [0.15, 0.2) is 0 Å². The van der Waals surface area contributed by atoms with Crippen LogP contribution in [-0.2, 0) is 7.05 Å². The van der Waals surface area contributed by atoms with Crippen LogP contribution >= 0.6 is 11.8 Å². The minimum absolute atomic E-state index is 0.0388. The molecular weight excluding hydrogens is 252 g/mol. The average molecular weight is 264 g/mol. The first-order chi connectivity index (χ1) is 8.50. The van der Waals surface area contributed by atoms with Crippen LogP contribution in [0.3, 0.4) is 0 Å². The third kappa shape index (κ3) is 2.16. The molecule has 0 aliphatic rings. The summed E-state index contributed by atoms with van der Waals surface area (Å²) in [5.41, 5.74) is 7.77. The normalized spacial score (nSPS) is 10.6. The first-order valence-corrected chi connectivity index (χ1v) is 5.91. The van der Waals surface area contributed by atoms with Crippen LogP contribution in [0.5, 0.6) is 0 Å². The molecule has 0 spiro atoms. The van der Waals surface area contributed by atoms with Crippen molar-refractivity contribution >= 4 is 17.6 Å². The maximum atomic E-state index is 7.63. The lowest BCUT2D eigenvalue weighted by atomic mass is 10.1. The number of nitrogens with two attached hydrogens (primary N) is 1. The Balaban J connectivity index is 2.48. The van der Waals surface area contributed by atoms with Crippen molar-refractivity contribution in [3.8, 4) is 0 Å². The first kappa shape index (κ1) is 12.4. The monoisotopic (exact) mass is 264 g/mol. The lowest BCUT2D eigenvalue weighted by molar-refractivity contribution is 0.663. The molecule has 2 heterocycles. The topological polar surface area (TPSA) is 119 Å². The fraction of sp³-hybridized carbons (Fsp3) is 0.333. The summed E-state index contributed by atoms with van der Waals surface area (Å²) in [6.45, 7) is 3.69. The van der Waals surface area contributed by atoms with Crippen molar-refractivity contribution in [3.63, 3.8) is 0 Å². The van der Waals surface area contributed by atoms with Gasteiger partial charge in [-0.15, -0.1) is 10.2 Å². The zero-order valence-electron chi connectivity index (χ0n) is 10.2. The summed E-state index contributed by atoms with van der Waals surface area (Å²) in [6, 6.07) is 0. The molecule has 0 bridgehead atoms. The smallest absolute Gasteiger partial charge is 0.215 e. The van der Waals surface area contributed by atoms with Crippen molar-refractivity contribution in [2.24, 2.45) is 12.8 Å². The molecule has 2 rings (SSSR count). The molecule has 0 amide bonds. The number of aryl methyl sites for hydroxylation is 2. The SMILES string of the molecule is Cc1nnc(Sc2nnnn2C)c(C(=N)N)c1C. The van der Waals surface area contributed by atoms with E-state index in [4.69, 9.17) is 11.1 Å². The van der Waals surface area contributed by atoms with Gasteiger partial charge in [0.2, 0.25) is 5.16 Å². The van der Waals surface area contributed by atoms with Gasteiger partial charge < -0.3 is 5.73 Å². The van der Waals surface area contributed by atoms with Crippen molar-refractivity contribution in [3.05, 3.63) is 16.8 Å². The van der Waals surface area contributed by atoms with Gasteiger partial charge in [0.05, 0.1) is 11.3 Å². The van der Waals surface area contributed by atoms with Crippen molar-refractivity contribution in [2.45, 2.75) is 24.0 Å². The number of nitrogens with one attached hydrogen (secondary N) is 1. The van der Waals surface area contributed by atoms with Gasteiger partial charge in [0.1, 0.15) is 10.9 Å². The van der Waals surface area contributed by atoms with Crippen molar-refractivity contribution < 1.29 is 0 Å². The predicted octanol–water partition coefficient (Wildman–Crippen LogP) is 0.0522. The molecular formula is C9H12N8S. The van der Waals surface area contributed by atoms with Crippen LogP contribution in [-0.4, -0.2) is 36.2 Å². The molecule has 8 nitrogen and oxygen atoms in total. The standard InChI is InChI=1S/C9H12N8S/c1-4-5(2)12-13-8(6(4)7(10)11)18-9-14-15-16-17(9)3/h1-3H3,(H3,10,11). The second kappa shape index (κ2) is 4.69. The largest absolute Gasteiger partial charge is 0.384 e. The molecule has 3 N–H and O–H groups in total. The fourth-order valence-electron chi connectivity index (χ4n) is 1.37. The summed E-state index contributed by atoms with van der Waals surface area (Å²) in [5.74, 6) is -0.0388. The lowest BCUT2D eigenvalue weighted by Gasteiger charge is -2.09. The maximum absolute atomic E-state index is 7.63. The summed E-state index contributed by atoms with van der Waals surface area (Å²) in [5, 5.41) is 27.9. The van der Waals surface area contributed by atoms with Gasteiger partial charge in [-0.05, 0) is 41.6 Å². The summed E-state index contributed by atoms with van der Waals surface area (Å²) >= 11 is 1.23. The number of nitrogen functional groups attached to an aromatic ring is 1. The zero-order chi connectivity index (χ0) is 13.3. The van der Waals surface area contributed by atoms with Crippen LogP contribution in [0.2, 0.25) is 0 Å². The van der Waals surface area contributed by atoms with Gasteiger partial charge in [0, 0.05) is 7.05 Å².